The molecule has 0 aliphatic heterocycles. The number of para-hydroxylation sites is 1. The quantitative estimate of drug-likeness (QED) is 0.695. The number of carbonyl (C=O) groups excluding carboxylic acids is 1. The van der Waals surface area contributed by atoms with Crippen LogP contribution in [0, 0.1) is 11.6 Å². The molecule has 19 heavy (non-hydrogen) atoms. The molecule has 1 aromatic rings. The molecule has 0 aromatic heterocycles. The van der Waals surface area contributed by atoms with E-state index in [9.17, 15) is 18.4 Å². The van der Waals surface area contributed by atoms with Crippen molar-refractivity contribution in [1.82, 2.24) is 5.32 Å². The average Bonchev–Trinajstić information content (AvgIpc) is 2.33. The molecule has 0 radical (unpaired) electrons. The summed E-state index contributed by atoms with van der Waals surface area (Å²) in [5.41, 5.74) is -0.509. The number of carbonyl (C=O) groups is 2. The van der Waals surface area contributed by atoms with Gasteiger partial charge in [0.2, 0.25) is 0 Å². The molecule has 3 N–H and O–H groups in total. The van der Waals surface area contributed by atoms with Crippen molar-refractivity contribution in [3.63, 3.8) is 0 Å². The minimum atomic E-state index is -0.905. The van der Waals surface area contributed by atoms with Gasteiger partial charge in [0.1, 0.15) is 17.3 Å². The Labute approximate surface area is 108 Å². The summed E-state index contributed by atoms with van der Waals surface area (Å²) in [6.07, 6.45) is 0.911. The number of aliphatic carboxylic acids is 1. The van der Waals surface area contributed by atoms with Gasteiger partial charge in [-0.3, -0.25) is 4.79 Å². The maximum absolute atomic E-state index is 13.2. The van der Waals surface area contributed by atoms with Crippen molar-refractivity contribution in [2.24, 2.45) is 0 Å². The molecule has 2 amide bonds. The van der Waals surface area contributed by atoms with Crippen LogP contribution in [0.5, 0.6) is 0 Å². The molecular weight excluding hydrogens is 258 g/mol. The zero-order valence-corrected chi connectivity index (χ0v) is 10.1. The van der Waals surface area contributed by atoms with Gasteiger partial charge in [0.15, 0.2) is 0 Å². The van der Waals surface area contributed by atoms with E-state index < -0.39 is 29.3 Å². The smallest absolute Gasteiger partial charge is 0.319 e. The van der Waals surface area contributed by atoms with E-state index in [0.29, 0.717) is 12.8 Å². The summed E-state index contributed by atoms with van der Waals surface area (Å²) in [5, 5.41) is 12.8. The molecule has 0 heterocycles. The number of carboxylic acid groups (broad SMARTS) is 1. The summed E-state index contributed by atoms with van der Waals surface area (Å²) < 4.78 is 26.4. The van der Waals surface area contributed by atoms with Crippen LogP contribution in [0.1, 0.15) is 19.3 Å². The molecule has 0 saturated heterocycles. The second-order valence-electron chi connectivity index (χ2n) is 3.83. The second-order valence-corrected chi connectivity index (χ2v) is 3.83. The molecule has 0 saturated carbocycles. The fourth-order valence-electron chi connectivity index (χ4n) is 1.38. The van der Waals surface area contributed by atoms with E-state index in [1.165, 1.54) is 6.07 Å². The Hall–Kier alpha value is -2.18. The van der Waals surface area contributed by atoms with Gasteiger partial charge in [-0.2, -0.15) is 0 Å². The number of nitrogens with one attached hydrogen (secondary N) is 2. The van der Waals surface area contributed by atoms with Gasteiger partial charge in [0, 0.05) is 13.0 Å². The Morgan fingerprint density at radius 1 is 1.16 bits per heavy atom. The van der Waals surface area contributed by atoms with Gasteiger partial charge in [-0.05, 0) is 25.0 Å². The Morgan fingerprint density at radius 2 is 1.79 bits per heavy atom. The minimum Gasteiger partial charge on any atom is -0.481 e. The van der Waals surface area contributed by atoms with Crippen molar-refractivity contribution >= 4 is 17.7 Å². The van der Waals surface area contributed by atoms with Crippen LogP contribution in [0.25, 0.3) is 0 Å². The number of hydrogen-bond donors (Lipinski definition) is 3. The average molecular weight is 272 g/mol. The highest BCUT2D eigenvalue weighted by atomic mass is 19.1. The van der Waals surface area contributed by atoms with E-state index in [1.807, 2.05) is 0 Å². The Kier molecular flexibility index (Phi) is 5.72. The molecule has 0 atom stereocenters. The molecule has 5 nitrogen and oxygen atoms in total. The first kappa shape index (κ1) is 14.9. The summed E-state index contributed by atoms with van der Waals surface area (Å²) in [4.78, 5) is 21.6. The third kappa shape index (κ3) is 5.33. The molecule has 1 rings (SSSR count). The molecule has 104 valence electrons. The minimum absolute atomic E-state index is 0.0191. The Morgan fingerprint density at radius 3 is 2.37 bits per heavy atom. The number of anilines is 1. The highest BCUT2D eigenvalue weighted by molar-refractivity contribution is 5.89. The zero-order valence-electron chi connectivity index (χ0n) is 10.1. The van der Waals surface area contributed by atoms with Crippen molar-refractivity contribution < 1.29 is 23.5 Å². The molecule has 0 bridgehead atoms. The topological polar surface area (TPSA) is 78.4 Å². The highest BCUT2D eigenvalue weighted by Crippen LogP contribution is 2.17. The van der Waals surface area contributed by atoms with E-state index in [4.69, 9.17) is 5.11 Å². The van der Waals surface area contributed by atoms with Crippen LogP contribution in [0.4, 0.5) is 19.3 Å². The third-order valence-corrected chi connectivity index (χ3v) is 2.30. The summed E-state index contributed by atoms with van der Waals surface area (Å²) in [7, 11) is 0. The molecule has 0 fully saturated rings. The van der Waals surface area contributed by atoms with E-state index in [0.717, 1.165) is 12.1 Å². The van der Waals surface area contributed by atoms with Crippen molar-refractivity contribution in [2.45, 2.75) is 19.3 Å². The van der Waals surface area contributed by atoms with Crippen molar-refractivity contribution in [3.05, 3.63) is 29.8 Å². The first-order chi connectivity index (χ1) is 9.00. The highest BCUT2D eigenvalue weighted by Gasteiger charge is 2.11. The molecule has 0 unspecified atom stereocenters. The predicted octanol–water partition coefficient (Wildman–Crippen LogP) is 2.34. The van der Waals surface area contributed by atoms with E-state index >= 15 is 0 Å². The number of benzene rings is 1. The third-order valence-electron chi connectivity index (χ3n) is 2.30. The lowest BCUT2D eigenvalue weighted by Gasteiger charge is -2.08. The van der Waals surface area contributed by atoms with Crippen LogP contribution in [-0.2, 0) is 4.79 Å². The zero-order chi connectivity index (χ0) is 14.3. The van der Waals surface area contributed by atoms with Crippen LogP contribution in [-0.4, -0.2) is 23.7 Å². The van der Waals surface area contributed by atoms with E-state index in [-0.39, 0.29) is 13.0 Å². The van der Waals surface area contributed by atoms with Crippen molar-refractivity contribution in [3.8, 4) is 0 Å². The molecule has 0 aliphatic carbocycles. The Bertz CT molecular complexity index is 446. The van der Waals surface area contributed by atoms with Gasteiger partial charge in [-0.15, -0.1) is 0 Å². The lowest BCUT2D eigenvalue weighted by Crippen LogP contribution is -2.30. The standard InChI is InChI=1S/C12H14F2N2O3/c13-8-4-3-5-9(14)11(8)16-12(19)15-7-2-1-6-10(17)18/h3-5H,1-2,6-7H2,(H,17,18)(H2,15,16,19). The van der Waals surface area contributed by atoms with Crippen molar-refractivity contribution in [1.29, 1.82) is 0 Å². The van der Waals surface area contributed by atoms with Crippen LogP contribution in [0.3, 0.4) is 0 Å². The van der Waals surface area contributed by atoms with Gasteiger partial charge in [0.05, 0.1) is 0 Å². The fraction of sp³-hybridized carbons (Fsp3) is 0.333. The lowest BCUT2D eigenvalue weighted by atomic mass is 10.2. The monoisotopic (exact) mass is 272 g/mol. The SMILES string of the molecule is O=C(O)CCCCNC(=O)Nc1c(F)cccc1F. The largest absolute Gasteiger partial charge is 0.481 e. The number of halogens is 2. The molecule has 7 heteroatoms. The molecule has 0 aliphatic rings. The number of urea groups is 1. The second kappa shape index (κ2) is 7.30. The molecule has 0 spiro atoms. The first-order valence-electron chi connectivity index (χ1n) is 5.71. The Balaban J connectivity index is 2.33. The summed E-state index contributed by atoms with van der Waals surface area (Å²) in [5.74, 6) is -2.63. The fourth-order valence-corrected chi connectivity index (χ4v) is 1.38. The van der Waals surface area contributed by atoms with Gasteiger partial charge >= 0.3 is 12.0 Å². The number of carboxylic acids is 1. The van der Waals surface area contributed by atoms with Crippen LogP contribution in [0.15, 0.2) is 18.2 Å². The van der Waals surface area contributed by atoms with Gasteiger partial charge in [-0.25, -0.2) is 13.6 Å². The van der Waals surface area contributed by atoms with Gasteiger partial charge in [-0.1, -0.05) is 6.07 Å². The van der Waals surface area contributed by atoms with Crippen LogP contribution in [0.2, 0.25) is 0 Å². The van der Waals surface area contributed by atoms with Crippen LogP contribution < -0.4 is 10.6 Å². The molecule has 1 aromatic carbocycles. The molecular formula is C12H14F2N2O3. The number of hydrogen-bond acceptors (Lipinski definition) is 2. The summed E-state index contributed by atoms with van der Waals surface area (Å²) in [6.45, 7) is 0.231. The maximum Gasteiger partial charge on any atom is 0.319 e. The number of rotatable bonds is 6. The van der Waals surface area contributed by atoms with E-state index in [2.05, 4.69) is 10.6 Å². The van der Waals surface area contributed by atoms with Gasteiger partial charge < -0.3 is 15.7 Å². The van der Waals surface area contributed by atoms with Crippen molar-refractivity contribution in [2.75, 3.05) is 11.9 Å². The van der Waals surface area contributed by atoms with E-state index in [1.54, 1.807) is 0 Å². The summed E-state index contributed by atoms with van der Waals surface area (Å²) >= 11 is 0. The maximum atomic E-state index is 13.2. The first-order valence-corrected chi connectivity index (χ1v) is 5.71. The van der Waals surface area contributed by atoms with Gasteiger partial charge in [0.25, 0.3) is 0 Å². The predicted molar refractivity (Wildman–Crippen MR) is 64.9 cm³/mol. The summed E-state index contributed by atoms with van der Waals surface area (Å²) in [6, 6.07) is 2.52. The number of unbranched alkanes of at least 4 members (excludes halogenated alkanes) is 1. The van der Waals surface area contributed by atoms with Crippen LogP contribution >= 0.6 is 0 Å². The normalized spacial score (nSPS) is 10.0. The number of amides is 2. The lowest BCUT2D eigenvalue weighted by molar-refractivity contribution is -0.137.